The van der Waals surface area contributed by atoms with Crippen LogP contribution in [-0.4, -0.2) is 38.1 Å². The Kier molecular flexibility index (Phi) is 4.39. The van der Waals surface area contributed by atoms with E-state index in [4.69, 9.17) is 4.74 Å². The molecule has 0 bridgehead atoms. The Hall–Kier alpha value is -3.09. The summed E-state index contributed by atoms with van der Waals surface area (Å²) in [5.74, 6) is 0. The summed E-state index contributed by atoms with van der Waals surface area (Å²) in [7, 11) is -1.19. The Balaban J connectivity index is 1.46. The van der Waals surface area contributed by atoms with E-state index in [9.17, 15) is 8.42 Å². The van der Waals surface area contributed by atoms with Gasteiger partial charge in [-0.15, -0.1) is 0 Å². The second-order valence-electron chi connectivity index (χ2n) is 9.96. The number of aryl methyl sites for hydroxylation is 1. The molecule has 0 N–H and O–H groups in total. The summed E-state index contributed by atoms with van der Waals surface area (Å²) in [5.41, 5.74) is 4.48. The molecule has 0 spiro atoms. The summed E-state index contributed by atoms with van der Waals surface area (Å²) >= 11 is 0. The van der Waals surface area contributed by atoms with E-state index < -0.39 is 21.0 Å². The molecule has 5 nitrogen and oxygen atoms in total. The van der Waals surface area contributed by atoms with Gasteiger partial charge in [0.1, 0.15) is 0 Å². The highest BCUT2D eigenvalue weighted by Crippen LogP contribution is 2.55. The summed E-state index contributed by atoms with van der Waals surface area (Å²) in [6, 6.07) is 20.5. The van der Waals surface area contributed by atoms with Crippen molar-refractivity contribution in [3.05, 3.63) is 77.9 Å². The number of para-hydroxylation sites is 1. The lowest BCUT2D eigenvalue weighted by molar-refractivity contribution is 0.000294. The average molecular weight is 473 g/mol. The Morgan fingerprint density at radius 2 is 1.74 bits per heavy atom. The van der Waals surface area contributed by atoms with Crippen LogP contribution in [0, 0.1) is 0 Å². The number of anilines is 1. The van der Waals surface area contributed by atoms with Crippen LogP contribution in [0.2, 0.25) is 0 Å². The normalized spacial score (nSPS) is 21.6. The fraction of sp³-hybridized carbons (Fsp3) is 0.286. The summed E-state index contributed by atoms with van der Waals surface area (Å²) in [5, 5.41) is 2.47. The number of nitrogens with zero attached hydrogens (tertiary/aromatic N) is 2. The van der Waals surface area contributed by atoms with Crippen LogP contribution >= 0.6 is 0 Å². The van der Waals surface area contributed by atoms with Crippen molar-refractivity contribution >= 4 is 43.4 Å². The summed E-state index contributed by atoms with van der Waals surface area (Å²) in [6.45, 7) is 5.67. The first-order valence-electron chi connectivity index (χ1n) is 11.6. The lowest BCUT2D eigenvalue weighted by Gasteiger charge is -2.39. The van der Waals surface area contributed by atoms with E-state index >= 15 is 0 Å². The molecule has 0 aliphatic carbocycles. The number of ether oxygens (including phenoxy) is 1. The van der Waals surface area contributed by atoms with Gasteiger partial charge in [0.25, 0.3) is 0 Å². The van der Waals surface area contributed by atoms with Crippen LogP contribution < -0.4 is 4.90 Å². The topological polar surface area (TPSA) is 51.5 Å². The van der Waals surface area contributed by atoms with Crippen molar-refractivity contribution in [3.8, 4) is 0 Å². The van der Waals surface area contributed by atoms with Crippen LogP contribution in [0.25, 0.3) is 27.9 Å². The number of hydrogen-bond acceptors (Lipinski definition) is 4. The minimum Gasteiger partial charge on any atom is -0.349 e. The largest absolute Gasteiger partial charge is 0.349 e. The maximum Gasteiger partial charge on any atom is 0.175 e. The zero-order valence-electron chi connectivity index (χ0n) is 19.9. The van der Waals surface area contributed by atoms with Crippen LogP contribution in [0.5, 0.6) is 0 Å². The Bertz CT molecular complexity index is 1610. The molecule has 0 saturated carbocycles. The molecule has 1 atom stereocenters. The molecule has 1 fully saturated rings. The minimum absolute atomic E-state index is 0.348. The number of sulfone groups is 1. The van der Waals surface area contributed by atoms with Gasteiger partial charge in [0, 0.05) is 52.8 Å². The Morgan fingerprint density at radius 1 is 0.971 bits per heavy atom. The van der Waals surface area contributed by atoms with E-state index in [0.717, 1.165) is 23.4 Å². The smallest absolute Gasteiger partial charge is 0.175 e. The Morgan fingerprint density at radius 3 is 2.53 bits per heavy atom. The average Bonchev–Trinajstić information content (AvgIpc) is 3.42. The number of benzene rings is 3. The van der Waals surface area contributed by atoms with E-state index in [1.807, 2.05) is 12.1 Å². The SMILES string of the molecule is Cn1c2ccccc2c2cc(/C=C/C34OCCN3c3ccc(S(C)(=O)=O)cc3C4(C)C)ccc21. The number of hydrogen-bond donors (Lipinski definition) is 0. The first-order chi connectivity index (χ1) is 16.1. The van der Waals surface area contributed by atoms with Crippen molar-refractivity contribution in [3.63, 3.8) is 0 Å². The van der Waals surface area contributed by atoms with E-state index in [1.54, 1.807) is 6.07 Å². The molecular weight excluding hydrogens is 444 g/mol. The van der Waals surface area contributed by atoms with Crippen molar-refractivity contribution < 1.29 is 13.2 Å². The van der Waals surface area contributed by atoms with Gasteiger partial charge in [-0.3, -0.25) is 0 Å². The quantitative estimate of drug-likeness (QED) is 0.408. The van der Waals surface area contributed by atoms with Gasteiger partial charge < -0.3 is 14.2 Å². The summed E-state index contributed by atoms with van der Waals surface area (Å²) in [6.07, 6.45) is 5.56. The van der Waals surface area contributed by atoms with Crippen LogP contribution in [-0.2, 0) is 27.0 Å². The molecule has 2 aliphatic rings. The molecule has 1 unspecified atom stereocenters. The van der Waals surface area contributed by atoms with Crippen molar-refractivity contribution in [2.24, 2.45) is 7.05 Å². The third-order valence-corrected chi connectivity index (χ3v) is 8.84. The molecule has 1 aromatic heterocycles. The van der Waals surface area contributed by atoms with Gasteiger partial charge in [0.2, 0.25) is 0 Å². The van der Waals surface area contributed by atoms with E-state index in [1.165, 1.54) is 28.1 Å². The first-order valence-corrected chi connectivity index (χ1v) is 13.5. The van der Waals surface area contributed by atoms with Crippen LogP contribution in [0.3, 0.4) is 0 Å². The summed E-state index contributed by atoms with van der Waals surface area (Å²) < 4.78 is 33.1. The van der Waals surface area contributed by atoms with E-state index in [-0.39, 0.29) is 0 Å². The van der Waals surface area contributed by atoms with Gasteiger partial charge in [-0.05, 0) is 53.6 Å². The summed E-state index contributed by atoms with van der Waals surface area (Å²) in [4.78, 5) is 2.63. The minimum atomic E-state index is -3.29. The number of rotatable bonds is 3. The highest BCUT2D eigenvalue weighted by Gasteiger charge is 2.59. The Labute approximate surface area is 200 Å². The van der Waals surface area contributed by atoms with Crippen molar-refractivity contribution in [2.45, 2.75) is 29.9 Å². The third-order valence-electron chi connectivity index (χ3n) is 7.73. The zero-order chi connectivity index (χ0) is 23.9. The van der Waals surface area contributed by atoms with Gasteiger partial charge in [-0.2, -0.15) is 0 Å². The molecule has 6 rings (SSSR count). The standard InChI is InChI=1S/C28H28N2O3S/c1-27(2)23-18-20(34(4,31)32)10-12-26(23)30-15-16-33-28(27,30)14-13-19-9-11-25-22(17-19)21-7-5-6-8-24(21)29(25)3/h5-14,17-18H,15-16H2,1-4H3/b14-13+. The maximum atomic E-state index is 12.2. The molecule has 34 heavy (non-hydrogen) atoms. The molecule has 6 heteroatoms. The van der Waals surface area contributed by atoms with Gasteiger partial charge in [-0.1, -0.05) is 44.2 Å². The maximum absolute atomic E-state index is 12.2. The highest BCUT2D eigenvalue weighted by atomic mass is 32.2. The highest BCUT2D eigenvalue weighted by molar-refractivity contribution is 7.90. The molecule has 0 radical (unpaired) electrons. The molecule has 4 aromatic rings. The second kappa shape index (κ2) is 6.96. The van der Waals surface area contributed by atoms with Gasteiger partial charge in [0.05, 0.1) is 11.5 Å². The van der Waals surface area contributed by atoms with Crippen LogP contribution in [0.15, 0.2) is 71.6 Å². The molecule has 3 aromatic carbocycles. The van der Waals surface area contributed by atoms with Gasteiger partial charge >= 0.3 is 0 Å². The molecule has 0 amide bonds. The molecular formula is C28H28N2O3S. The predicted molar refractivity (Wildman–Crippen MR) is 138 cm³/mol. The molecule has 1 saturated heterocycles. The fourth-order valence-electron chi connectivity index (χ4n) is 5.87. The third kappa shape index (κ3) is 2.79. The molecule has 174 valence electrons. The number of fused-ring (bicyclic) bond motifs is 6. The van der Waals surface area contributed by atoms with Crippen molar-refractivity contribution in [2.75, 3.05) is 24.3 Å². The fourth-order valence-corrected chi connectivity index (χ4v) is 6.52. The zero-order valence-corrected chi connectivity index (χ0v) is 20.7. The lowest BCUT2D eigenvalue weighted by atomic mass is 9.77. The van der Waals surface area contributed by atoms with E-state index in [0.29, 0.717) is 11.5 Å². The lowest BCUT2D eigenvalue weighted by Crippen LogP contribution is -2.51. The molecule has 3 heterocycles. The first kappa shape index (κ1) is 21.4. The molecule has 2 aliphatic heterocycles. The van der Waals surface area contributed by atoms with Crippen molar-refractivity contribution in [1.29, 1.82) is 0 Å². The monoisotopic (exact) mass is 472 g/mol. The number of aromatic nitrogens is 1. The van der Waals surface area contributed by atoms with Gasteiger partial charge in [-0.25, -0.2) is 8.42 Å². The van der Waals surface area contributed by atoms with Crippen LogP contribution in [0.4, 0.5) is 5.69 Å². The van der Waals surface area contributed by atoms with Gasteiger partial charge in [0.15, 0.2) is 15.6 Å². The van der Waals surface area contributed by atoms with Crippen molar-refractivity contribution in [1.82, 2.24) is 4.57 Å². The van der Waals surface area contributed by atoms with E-state index in [2.05, 4.69) is 85.0 Å². The van der Waals surface area contributed by atoms with Crippen LogP contribution in [0.1, 0.15) is 25.0 Å². The second-order valence-corrected chi connectivity index (χ2v) is 12.0. The predicted octanol–water partition coefficient (Wildman–Crippen LogP) is 5.27.